The van der Waals surface area contributed by atoms with Gasteiger partial charge in [-0.25, -0.2) is 4.39 Å². The monoisotopic (exact) mass is 426 g/mol. The Morgan fingerprint density at radius 1 is 0.645 bits per heavy atom. The summed E-state index contributed by atoms with van der Waals surface area (Å²) in [7, 11) is 0. The van der Waals surface area contributed by atoms with Crippen molar-refractivity contribution < 1.29 is 4.39 Å². The summed E-state index contributed by atoms with van der Waals surface area (Å²) in [6.07, 6.45) is 23.6. The highest BCUT2D eigenvalue weighted by atomic mass is 19.1. The van der Waals surface area contributed by atoms with E-state index in [9.17, 15) is 4.39 Å². The van der Waals surface area contributed by atoms with E-state index in [1.807, 2.05) is 12.1 Å². The average Bonchev–Trinajstić information content (AvgIpc) is 2.85. The van der Waals surface area contributed by atoms with Crippen LogP contribution in [0, 0.1) is 29.6 Å². The fourth-order valence-corrected chi connectivity index (χ4v) is 7.52. The van der Waals surface area contributed by atoms with Gasteiger partial charge in [0.2, 0.25) is 0 Å². The first-order valence-corrected chi connectivity index (χ1v) is 13.9. The number of hydrogen-bond donors (Lipinski definition) is 0. The van der Waals surface area contributed by atoms with Crippen molar-refractivity contribution in [1.82, 2.24) is 0 Å². The SMILES string of the molecule is CCCCCC1CCC(C2CCC(C3CCC(c4ccc(CF)cc4)CC3)CC2)CC1. The Morgan fingerprint density at radius 3 is 1.61 bits per heavy atom. The number of rotatable bonds is 8. The molecule has 0 bridgehead atoms. The molecule has 1 aromatic rings. The molecule has 1 heteroatoms. The highest BCUT2D eigenvalue weighted by molar-refractivity contribution is 5.25. The Labute approximate surface area is 191 Å². The van der Waals surface area contributed by atoms with Crippen LogP contribution < -0.4 is 0 Å². The van der Waals surface area contributed by atoms with E-state index in [-0.39, 0.29) is 6.67 Å². The molecule has 0 radical (unpaired) electrons. The fourth-order valence-electron chi connectivity index (χ4n) is 7.52. The molecule has 1 aromatic carbocycles. The van der Waals surface area contributed by atoms with Crippen LogP contribution in [0.4, 0.5) is 4.39 Å². The van der Waals surface area contributed by atoms with Gasteiger partial charge in [0.25, 0.3) is 0 Å². The molecular formula is C30H47F. The van der Waals surface area contributed by atoms with Crippen LogP contribution in [0.15, 0.2) is 24.3 Å². The Bertz CT molecular complexity index is 610. The van der Waals surface area contributed by atoms with Crippen molar-refractivity contribution in [1.29, 1.82) is 0 Å². The van der Waals surface area contributed by atoms with Crippen molar-refractivity contribution in [2.45, 2.75) is 122 Å². The highest BCUT2D eigenvalue weighted by Crippen LogP contribution is 2.47. The summed E-state index contributed by atoms with van der Waals surface area (Å²) < 4.78 is 12.8. The maximum atomic E-state index is 12.8. The molecule has 3 saturated carbocycles. The summed E-state index contributed by atoms with van der Waals surface area (Å²) in [5.74, 6) is 5.88. The van der Waals surface area contributed by atoms with Crippen LogP contribution in [-0.2, 0) is 6.67 Å². The quantitative estimate of drug-likeness (QED) is 0.363. The predicted octanol–water partition coefficient (Wildman–Crippen LogP) is 9.62. The molecule has 0 spiro atoms. The van der Waals surface area contributed by atoms with Gasteiger partial charge in [-0.15, -0.1) is 0 Å². The van der Waals surface area contributed by atoms with Crippen LogP contribution >= 0.6 is 0 Å². The third-order valence-electron chi connectivity index (χ3n) is 9.63. The van der Waals surface area contributed by atoms with Gasteiger partial charge in [-0.05, 0) is 111 Å². The van der Waals surface area contributed by atoms with Gasteiger partial charge in [0.15, 0.2) is 0 Å². The lowest BCUT2D eigenvalue weighted by Crippen LogP contribution is -2.29. The molecule has 3 aliphatic rings. The maximum Gasteiger partial charge on any atom is 0.115 e. The lowest BCUT2D eigenvalue weighted by molar-refractivity contribution is 0.108. The van der Waals surface area contributed by atoms with Crippen molar-refractivity contribution in [2.24, 2.45) is 29.6 Å². The number of benzene rings is 1. The highest BCUT2D eigenvalue weighted by Gasteiger charge is 2.34. The molecule has 31 heavy (non-hydrogen) atoms. The van der Waals surface area contributed by atoms with Gasteiger partial charge in [-0.2, -0.15) is 0 Å². The van der Waals surface area contributed by atoms with Gasteiger partial charge < -0.3 is 0 Å². The van der Waals surface area contributed by atoms with E-state index in [2.05, 4.69) is 19.1 Å². The molecular weight excluding hydrogens is 379 g/mol. The molecule has 0 aliphatic heterocycles. The third-order valence-corrected chi connectivity index (χ3v) is 9.63. The van der Waals surface area contributed by atoms with Crippen LogP contribution in [0.5, 0.6) is 0 Å². The molecule has 0 atom stereocenters. The number of unbranched alkanes of at least 4 members (excludes halogenated alkanes) is 2. The molecule has 0 nitrogen and oxygen atoms in total. The second kappa shape index (κ2) is 11.9. The van der Waals surface area contributed by atoms with E-state index in [0.717, 1.165) is 35.2 Å². The van der Waals surface area contributed by atoms with Crippen LogP contribution in [0.1, 0.15) is 127 Å². The first kappa shape index (κ1) is 23.3. The van der Waals surface area contributed by atoms with Crippen molar-refractivity contribution in [3.05, 3.63) is 35.4 Å². The zero-order valence-electron chi connectivity index (χ0n) is 20.2. The second-order valence-corrected chi connectivity index (χ2v) is 11.4. The first-order valence-electron chi connectivity index (χ1n) is 13.9. The summed E-state index contributed by atoms with van der Waals surface area (Å²) in [5.41, 5.74) is 2.27. The standard InChI is InChI=1S/C30H47F/c1-2-3-4-5-23-6-10-25(11-7-23)27-14-18-29(19-15-27)30-20-16-28(17-21-30)26-12-8-24(22-31)9-13-26/h8-9,12-13,23,25,27-30H,2-7,10-11,14-22H2,1H3. The smallest absolute Gasteiger partial charge is 0.115 e. The fraction of sp³-hybridized carbons (Fsp3) is 0.800. The van der Waals surface area contributed by atoms with Crippen molar-refractivity contribution in [3.8, 4) is 0 Å². The molecule has 174 valence electrons. The first-order chi connectivity index (χ1) is 15.3. The molecule has 3 aliphatic carbocycles. The van der Waals surface area contributed by atoms with Crippen molar-refractivity contribution in [2.75, 3.05) is 0 Å². The van der Waals surface area contributed by atoms with E-state index in [1.165, 1.54) is 95.5 Å². The van der Waals surface area contributed by atoms with Crippen LogP contribution in [0.25, 0.3) is 0 Å². The molecule has 0 saturated heterocycles. The zero-order chi connectivity index (χ0) is 21.5. The average molecular weight is 427 g/mol. The molecule has 0 unspecified atom stereocenters. The number of halogens is 1. The Balaban J connectivity index is 1.15. The maximum absolute atomic E-state index is 12.8. The molecule has 0 amide bonds. The molecule has 4 rings (SSSR count). The van der Waals surface area contributed by atoms with E-state index in [4.69, 9.17) is 0 Å². The number of hydrogen-bond acceptors (Lipinski definition) is 0. The number of alkyl halides is 1. The lowest BCUT2D eigenvalue weighted by atomic mass is 9.64. The van der Waals surface area contributed by atoms with Crippen LogP contribution in [-0.4, -0.2) is 0 Å². The molecule has 3 fully saturated rings. The van der Waals surface area contributed by atoms with E-state index < -0.39 is 0 Å². The van der Waals surface area contributed by atoms with Gasteiger partial charge in [0.1, 0.15) is 6.67 Å². The third kappa shape index (κ3) is 6.35. The minimum Gasteiger partial charge on any atom is -0.246 e. The molecule has 0 aromatic heterocycles. The largest absolute Gasteiger partial charge is 0.246 e. The minimum absolute atomic E-state index is 0.337. The van der Waals surface area contributed by atoms with E-state index >= 15 is 0 Å². The Hall–Kier alpha value is -0.850. The Morgan fingerprint density at radius 2 is 1.13 bits per heavy atom. The molecule has 0 heterocycles. The van der Waals surface area contributed by atoms with Gasteiger partial charge in [-0.3, -0.25) is 0 Å². The van der Waals surface area contributed by atoms with Crippen molar-refractivity contribution in [3.63, 3.8) is 0 Å². The summed E-state index contributed by atoms with van der Waals surface area (Å²) in [5, 5.41) is 0. The second-order valence-electron chi connectivity index (χ2n) is 11.4. The molecule has 0 N–H and O–H groups in total. The summed E-state index contributed by atoms with van der Waals surface area (Å²) in [6.45, 7) is 1.99. The summed E-state index contributed by atoms with van der Waals surface area (Å²) in [4.78, 5) is 0. The summed E-state index contributed by atoms with van der Waals surface area (Å²) >= 11 is 0. The Kier molecular flexibility index (Phi) is 8.91. The van der Waals surface area contributed by atoms with Gasteiger partial charge in [0.05, 0.1) is 0 Å². The van der Waals surface area contributed by atoms with Crippen LogP contribution in [0.2, 0.25) is 0 Å². The van der Waals surface area contributed by atoms with Gasteiger partial charge in [-0.1, -0.05) is 69.7 Å². The predicted molar refractivity (Wildman–Crippen MR) is 131 cm³/mol. The van der Waals surface area contributed by atoms with E-state index in [1.54, 1.807) is 12.8 Å². The van der Waals surface area contributed by atoms with Gasteiger partial charge in [0, 0.05) is 0 Å². The minimum atomic E-state index is -0.337. The topological polar surface area (TPSA) is 0 Å². The normalized spacial score (nSPS) is 34.5. The summed E-state index contributed by atoms with van der Waals surface area (Å²) in [6, 6.07) is 8.34. The van der Waals surface area contributed by atoms with E-state index in [0.29, 0.717) is 5.92 Å². The van der Waals surface area contributed by atoms with Crippen molar-refractivity contribution >= 4 is 0 Å². The van der Waals surface area contributed by atoms with Crippen LogP contribution in [0.3, 0.4) is 0 Å². The van der Waals surface area contributed by atoms with Gasteiger partial charge >= 0.3 is 0 Å². The zero-order valence-corrected chi connectivity index (χ0v) is 20.2. The lowest BCUT2D eigenvalue weighted by Gasteiger charge is -2.41.